The smallest absolute Gasteiger partial charge is 0.226 e. The number of likely N-dealkylation sites (tertiary alicyclic amines) is 1. The van der Waals surface area contributed by atoms with E-state index in [-0.39, 0.29) is 11.8 Å². The SMILES string of the molecule is CC1(O)CN(C(=O)[C@H]2CCc3c(sc4ncnc(Nc5ccc6[nH]ncc6c5)c34)C2)C1. The van der Waals surface area contributed by atoms with Crippen LogP contribution in [-0.4, -0.2) is 54.8 Å². The van der Waals surface area contributed by atoms with Gasteiger partial charge in [0.25, 0.3) is 0 Å². The van der Waals surface area contributed by atoms with Gasteiger partial charge in [0.15, 0.2) is 0 Å². The van der Waals surface area contributed by atoms with Crippen LogP contribution in [0.3, 0.4) is 0 Å². The van der Waals surface area contributed by atoms with Crippen LogP contribution < -0.4 is 5.32 Å². The van der Waals surface area contributed by atoms with E-state index in [1.54, 1.807) is 35.7 Å². The van der Waals surface area contributed by atoms with Gasteiger partial charge in [0.1, 0.15) is 17.0 Å². The first kappa shape index (κ1) is 18.7. The number of benzene rings is 1. The summed E-state index contributed by atoms with van der Waals surface area (Å²) in [7, 11) is 0. The molecule has 1 amide bonds. The summed E-state index contributed by atoms with van der Waals surface area (Å²) >= 11 is 1.66. The number of nitrogens with zero attached hydrogens (tertiary/aromatic N) is 4. The third kappa shape index (κ3) is 3.16. The number of H-pyrrole nitrogens is 1. The van der Waals surface area contributed by atoms with Gasteiger partial charge in [-0.1, -0.05) is 0 Å². The molecule has 31 heavy (non-hydrogen) atoms. The number of rotatable bonds is 3. The highest BCUT2D eigenvalue weighted by atomic mass is 32.1. The number of β-amino-alcohol motifs (C(OH)–C–C–N with tert-alkyl or cyclic N) is 1. The molecule has 158 valence electrons. The summed E-state index contributed by atoms with van der Waals surface area (Å²) in [6.45, 7) is 2.64. The van der Waals surface area contributed by atoms with Gasteiger partial charge in [0, 0.05) is 21.9 Å². The van der Waals surface area contributed by atoms with Crippen LogP contribution in [0.15, 0.2) is 30.7 Å². The minimum absolute atomic E-state index is 0.0236. The molecule has 1 aromatic carbocycles. The first-order chi connectivity index (χ1) is 15.0. The second-order valence-corrected chi connectivity index (χ2v) is 9.92. The predicted octanol–water partition coefficient (Wildman–Crippen LogP) is 3.01. The standard InChI is InChI=1S/C22H22N6O2S/c1-22(30)9-28(10-22)21(29)12-2-4-15-17(7-12)31-20-18(15)19(23-11-24-20)26-14-3-5-16-13(6-14)8-25-27-16/h3,5-6,8,11-12,30H,2,4,7,9-10H2,1H3,(H,25,27)(H,23,24,26)/t12-/m0/s1. The van der Waals surface area contributed by atoms with Crippen molar-refractivity contribution in [1.29, 1.82) is 0 Å². The van der Waals surface area contributed by atoms with Crippen molar-refractivity contribution in [2.24, 2.45) is 5.92 Å². The molecule has 2 aliphatic rings. The number of aryl methyl sites for hydroxylation is 1. The topological polar surface area (TPSA) is 107 Å². The summed E-state index contributed by atoms with van der Waals surface area (Å²) < 4.78 is 0. The number of nitrogens with one attached hydrogen (secondary N) is 2. The largest absolute Gasteiger partial charge is 0.386 e. The molecule has 1 aliphatic heterocycles. The van der Waals surface area contributed by atoms with Gasteiger partial charge in [-0.3, -0.25) is 9.89 Å². The van der Waals surface area contributed by atoms with Gasteiger partial charge in [0.05, 0.1) is 35.8 Å². The van der Waals surface area contributed by atoms with E-state index in [1.165, 1.54) is 10.4 Å². The van der Waals surface area contributed by atoms with E-state index in [9.17, 15) is 9.90 Å². The van der Waals surface area contributed by atoms with Crippen LogP contribution in [0.1, 0.15) is 23.8 Å². The monoisotopic (exact) mass is 434 g/mol. The van der Waals surface area contributed by atoms with E-state index in [1.807, 2.05) is 18.2 Å². The van der Waals surface area contributed by atoms with Gasteiger partial charge in [-0.05, 0) is 49.9 Å². The number of carbonyl (C=O) groups excluding carboxylic acids is 1. The first-order valence-corrected chi connectivity index (χ1v) is 11.3. The number of anilines is 2. The molecule has 1 aliphatic carbocycles. The highest BCUT2D eigenvalue weighted by Crippen LogP contribution is 2.41. The zero-order valence-corrected chi connectivity index (χ0v) is 17.9. The second-order valence-electron chi connectivity index (χ2n) is 8.83. The maximum absolute atomic E-state index is 12.9. The van der Waals surface area contributed by atoms with Crippen molar-refractivity contribution >= 4 is 49.9 Å². The zero-order valence-electron chi connectivity index (χ0n) is 17.1. The van der Waals surface area contributed by atoms with E-state index in [4.69, 9.17) is 0 Å². The van der Waals surface area contributed by atoms with E-state index in [0.717, 1.165) is 51.9 Å². The summed E-state index contributed by atoms with van der Waals surface area (Å²) in [4.78, 5) is 25.8. The molecule has 0 unspecified atom stereocenters. The summed E-state index contributed by atoms with van der Waals surface area (Å²) in [5.74, 6) is 0.936. The molecular weight excluding hydrogens is 412 g/mol. The molecule has 3 aromatic heterocycles. The Morgan fingerprint density at radius 3 is 3.06 bits per heavy atom. The number of hydrogen-bond acceptors (Lipinski definition) is 7. The van der Waals surface area contributed by atoms with Gasteiger partial charge < -0.3 is 15.3 Å². The highest BCUT2D eigenvalue weighted by Gasteiger charge is 2.42. The van der Waals surface area contributed by atoms with Gasteiger partial charge in [-0.25, -0.2) is 9.97 Å². The maximum Gasteiger partial charge on any atom is 0.226 e. The molecule has 3 N–H and O–H groups in total. The highest BCUT2D eigenvalue weighted by molar-refractivity contribution is 7.19. The van der Waals surface area contributed by atoms with Crippen LogP contribution in [-0.2, 0) is 17.6 Å². The number of aromatic amines is 1. The molecule has 4 heterocycles. The summed E-state index contributed by atoms with van der Waals surface area (Å²) in [5.41, 5.74) is 2.46. The minimum atomic E-state index is -0.733. The number of carbonyl (C=O) groups is 1. The summed E-state index contributed by atoms with van der Waals surface area (Å²) in [5, 5.41) is 22.6. The second kappa shape index (κ2) is 6.73. The van der Waals surface area contributed by atoms with Crippen LogP contribution >= 0.6 is 11.3 Å². The van der Waals surface area contributed by atoms with E-state index in [2.05, 4.69) is 25.5 Å². The average molecular weight is 435 g/mol. The van der Waals surface area contributed by atoms with Crippen molar-refractivity contribution in [3.8, 4) is 0 Å². The van der Waals surface area contributed by atoms with Gasteiger partial charge in [-0.15, -0.1) is 11.3 Å². The lowest BCUT2D eigenvalue weighted by Gasteiger charge is -2.45. The van der Waals surface area contributed by atoms with Crippen molar-refractivity contribution in [2.75, 3.05) is 18.4 Å². The fourth-order valence-electron chi connectivity index (χ4n) is 4.76. The van der Waals surface area contributed by atoms with Crippen molar-refractivity contribution < 1.29 is 9.90 Å². The Labute approximate surface area is 182 Å². The molecular formula is C22H22N6O2S. The maximum atomic E-state index is 12.9. The van der Waals surface area contributed by atoms with Crippen molar-refractivity contribution in [2.45, 2.75) is 31.8 Å². The quantitative estimate of drug-likeness (QED) is 0.458. The molecule has 0 bridgehead atoms. The van der Waals surface area contributed by atoms with Crippen LogP contribution in [0.25, 0.3) is 21.1 Å². The summed E-state index contributed by atoms with van der Waals surface area (Å²) in [6, 6.07) is 6.04. The molecule has 0 radical (unpaired) electrons. The van der Waals surface area contributed by atoms with Crippen molar-refractivity contribution in [3.05, 3.63) is 41.2 Å². The minimum Gasteiger partial charge on any atom is -0.386 e. The Kier molecular flexibility index (Phi) is 4.06. The average Bonchev–Trinajstić information content (AvgIpc) is 3.35. The fraction of sp³-hybridized carbons (Fsp3) is 0.364. The number of aliphatic hydroxyl groups is 1. The van der Waals surface area contributed by atoms with E-state index < -0.39 is 5.60 Å². The first-order valence-electron chi connectivity index (χ1n) is 10.4. The van der Waals surface area contributed by atoms with Crippen LogP contribution in [0.4, 0.5) is 11.5 Å². The summed E-state index contributed by atoms with van der Waals surface area (Å²) in [6.07, 6.45) is 5.77. The fourth-order valence-corrected chi connectivity index (χ4v) is 6.03. The zero-order chi connectivity index (χ0) is 21.2. The van der Waals surface area contributed by atoms with Crippen LogP contribution in [0.5, 0.6) is 0 Å². The third-order valence-corrected chi connectivity index (χ3v) is 7.43. The Balaban J connectivity index is 1.29. The lowest BCUT2D eigenvalue weighted by Crippen LogP contribution is -2.63. The molecule has 1 atom stereocenters. The molecule has 6 rings (SSSR count). The Bertz CT molecular complexity index is 1320. The lowest BCUT2D eigenvalue weighted by molar-refractivity contribution is -0.156. The lowest BCUT2D eigenvalue weighted by atomic mass is 9.85. The molecule has 0 spiro atoms. The molecule has 9 heteroatoms. The normalized spacial score (nSPS) is 19.9. The Hall–Kier alpha value is -3.04. The number of thiophene rings is 1. The number of aromatic nitrogens is 4. The Morgan fingerprint density at radius 1 is 1.35 bits per heavy atom. The van der Waals surface area contributed by atoms with Crippen molar-refractivity contribution in [1.82, 2.24) is 25.1 Å². The Morgan fingerprint density at radius 2 is 2.23 bits per heavy atom. The van der Waals surface area contributed by atoms with Crippen molar-refractivity contribution in [3.63, 3.8) is 0 Å². The molecule has 1 saturated heterocycles. The van der Waals surface area contributed by atoms with Gasteiger partial charge in [0.2, 0.25) is 5.91 Å². The van der Waals surface area contributed by atoms with E-state index >= 15 is 0 Å². The van der Waals surface area contributed by atoms with Gasteiger partial charge >= 0.3 is 0 Å². The molecule has 8 nitrogen and oxygen atoms in total. The third-order valence-electron chi connectivity index (χ3n) is 6.27. The van der Waals surface area contributed by atoms with Crippen LogP contribution in [0, 0.1) is 5.92 Å². The molecule has 0 saturated carbocycles. The number of amides is 1. The molecule has 4 aromatic rings. The van der Waals surface area contributed by atoms with E-state index in [0.29, 0.717) is 13.1 Å². The number of hydrogen-bond donors (Lipinski definition) is 3. The molecule has 1 fully saturated rings. The number of fused-ring (bicyclic) bond motifs is 4. The van der Waals surface area contributed by atoms with Crippen LogP contribution in [0.2, 0.25) is 0 Å². The predicted molar refractivity (Wildman–Crippen MR) is 120 cm³/mol. The van der Waals surface area contributed by atoms with Gasteiger partial charge in [-0.2, -0.15) is 5.10 Å².